The molecule has 0 aliphatic carbocycles. The smallest absolute Gasteiger partial charge is 0.251 e. The molecule has 0 atom stereocenters. The van der Waals surface area contributed by atoms with E-state index in [1.165, 1.54) is 29.6 Å². The molecule has 24 heavy (non-hydrogen) atoms. The fraction of sp³-hybridized carbons (Fsp3) is 0.562. The predicted octanol–water partition coefficient (Wildman–Crippen LogP) is 0.980. The number of nitrogens with one attached hydrogen (secondary N) is 1. The van der Waals surface area contributed by atoms with E-state index in [4.69, 9.17) is 4.74 Å². The van der Waals surface area contributed by atoms with Gasteiger partial charge in [-0.15, -0.1) is 0 Å². The molecule has 7 nitrogen and oxygen atoms in total. The summed E-state index contributed by atoms with van der Waals surface area (Å²) in [5, 5.41) is 12.3. The summed E-state index contributed by atoms with van der Waals surface area (Å²) in [4.78, 5) is 12.2. The molecule has 2 rings (SSSR count). The number of nitrogens with zero attached hydrogens (tertiary/aromatic N) is 1. The van der Waals surface area contributed by atoms with Crippen molar-refractivity contribution in [3.8, 4) is 5.75 Å². The van der Waals surface area contributed by atoms with Crippen LogP contribution in [0.5, 0.6) is 5.75 Å². The minimum Gasteiger partial charge on any atom is -0.495 e. The molecule has 2 N–H and O–H groups in total. The number of ether oxygens (including phenoxy) is 1. The topological polar surface area (TPSA) is 95.9 Å². The fourth-order valence-electron chi connectivity index (χ4n) is 2.49. The van der Waals surface area contributed by atoms with Crippen LogP contribution in [0.25, 0.3) is 0 Å². The molecule has 1 aliphatic rings. The number of amides is 1. The number of sulfonamides is 1. The summed E-state index contributed by atoms with van der Waals surface area (Å²) in [6.07, 6.45) is 1.65. The predicted molar refractivity (Wildman–Crippen MR) is 89.6 cm³/mol. The van der Waals surface area contributed by atoms with Crippen LogP contribution in [-0.4, -0.2) is 56.1 Å². The molecule has 0 radical (unpaired) electrons. The van der Waals surface area contributed by atoms with Gasteiger partial charge in [0.2, 0.25) is 10.0 Å². The molecule has 1 heterocycles. The molecule has 0 aromatic heterocycles. The highest BCUT2D eigenvalue weighted by atomic mass is 32.2. The standard InChI is InChI=1S/C16H24N2O5S/c1-16(2,20)11-17-15(19)12-6-7-13(23-3)14(10-12)24(21,22)18-8-4-5-9-18/h6-7,10,20H,4-5,8-9,11H2,1-3H3,(H,17,19). The number of carbonyl (C=O) groups is 1. The van der Waals surface area contributed by atoms with E-state index < -0.39 is 21.5 Å². The SMILES string of the molecule is COc1ccc(C(=O)NCC(C)(C)O)cc1S(=O)(=O)N1CCCC1. The van der Waals surface area contributed by atoms with E-state index >= 15 is 0 Å². The van der Waals surface area contributed by atoms with Gasteiger partial charge in [0, 0.05) is 25.2 Å². The first-order valence-corrected chi connectivity index (χ1v) is 9.28. The van der Waals surface area contributed by atoms with Gasteiger partial charge in [0.15, 0.2) is 0 Å². The van der Waals surface area contributed by atoms with Gasteiger partial charge in [-0.2, -0.15) is 4.31 Å². The Labute approximate surface area is 142 Å². The van der Waals surface area contributed by atoms with E-state index in [0.717, 1.165) is 12.8 Å². The fourth-order valence-corrected chi connectivity index (χ4v) is 4.18. The van der Waals surface area contributed by atoms with Crippen LogP contribution in [-0.2, 0) is 10.0 Å². The molecular weight excluding hydrogens is 332 g/mol. The largest absolute Gasteiger partial charge is 0.495 e. The maximum Gasteiger partial charge on any atom is 0.251 e. The quantitative estimate of drug-likeness (QED) is 0.792. The monoisotopic (exact) mass is 356 g/mol. The van der Waals surface area contributed by atoms with Crippen molar-refractivity contribution in [3.63, 3.8) is 0 Å². The first kappa shape index (κ1) is 18.7. The van der Waals surface area contributed by atoms with Gasteiger partial charge < -0.3 is 15.2 Å². The third-order valence-electron chi connectivity index (χ3n) is 3.79. The van der Waals surface area contributed by atoms with E-state index in [1.54, 1.807) is 13.8 Å². The number of hydrogen-bond donors (Lipinski definition) is 2. The Bertz CT molecular complexity index is 704. The number of aliphatic hydroxyl groups is 1. The Morgan fingerprint density at radius 2 is 1.96 bits per heavy atom. The lowest BCUT2D eigenvalue weighted by Crippen LogP contribution is -2.38. The first-order chi connectivity index (χ1) is 11.1. The summed E-state index contributed by atoms with van der Waals surface area (Å²) in [7, 11) is -2.31. The average Bonchev–Trinajstić information content (AvgIpc) is 3.06. The molecule has 1 aromatic carbocycles. The summed E-state index contributed by atoms with van der Waals surface area (Å²) in [6.45, 7) is 4.16. The van der Waals surface area contributed by atoms with Crippen LogP contribution in [0.3, 0.4) is 0 Å². The van der Waals surface area contributed by atoms with Crippen LogP contribution < -0.4 is 10.1 Å². The van der Waals surface area contributed by atoms with Gasteiger partial charge in [0.25, 0.3) is 5.91 Å². The minimum absolute atomic E-state index is 0.0113. The average molecular weight is 356 g/mol. The summed E-state index contributed by atoms with van der Waals surface area (Å²) in [5.41, 5.74) is -0.843. The van der Waals surface area contributed by atoms with Crippen molar-refractivity contribution >= 4 is 15.9 Å². The highest BCUT2D eigenvalue weighted by Crippen LogP contribution is 2.29. The van der Waals surface area contributed by atoms with Crippen molar-refractivity contribution in [2.24, 2.45) is 0 Å². The van der Waals surface area contributed by atoms with Gasteiger partial charge in [0.1, 0.15) is 10.6 Å². The zero-order valence-electron chi connectivity index (χ0n) is 14.2. The third-order valence-corrected chi connectivity index (χ3v) is 5.71. The molecule has 8 heteroatoms. The Balaban J connectivity index is 2.32. The Kier molecular flexibility index (Phi) is 5.52. The molecule has 1 aliphatic heterocycles. The Hall–Kier alpha value is -1.64. The van der Waals surface area contributed by atoms with E-state index in [0.29, 0.717) is 13.1 Å². The molecular formula is C16H24N2O5S. The van der Waals surface area contributed by atoms with E-state index in [2.05, 4.69) is 5.32 Å². The lowest BCUT2D eigenvalue weighted by molar-refractivity contribution is 0.0694. The zero-order valence-corrected chi connectivity index (χ0v) is 15.0. The van der Waals surface area contributed by atoms with Gasteiger partial charge in [-0.25, -0.2) is 8.42 Å². The second-order valence-electron chi connectivity index (χ2n) is 6.47. The summed E-state index contributed by atoms with van der Waals surface area (Å²) in [6, 6.07) is 4.30. The normalized spacial score (nSPS) is 16.2. The van der Waals surface area contributed by atoms with Crippen molar-refractivity contribution < 1.29 is 23.1 Å². The lowest BCUT2D eigenvalue weighted by Gasteiger charge is -2.19. The van der Waals surface area contributed by atoms with Gasteiger partial charge in [-0.05, 0) is 44.9 Å². The minimum atomic E-state index is -3.70. The molecule has 1 saturated heterocycles. The zero-order chi connectivity index (χ0) is 18.0. The van der Waals surface area contributed by atoms with Gasteiger partial charge in [0.05, 0.1) is 12.7 Å². The highest BCUT2D eigenvalue weighted by Gasteiger charge is 2.30. The summed E-state index contributed by atoms with van der Waals surface area (Å²) in [5.74, 6) is -0.237. The molecule has 0 spiro atoms. The van der Waals surface area contributed by atoms with E-state index in [9.17, 15) is 18.3 Å². The van der Waals surface area contributed by atoms with Crippen molar-refractivity contribution in [2.75, 3.05) is 26.7 Å². The van der Waals surface area contributed by atoms with Crippen LogP contribution in [0.15, 0.2) is 23.1 Å². The van der Waals surface area contributed by atoms with Crippen LogP contribution in [0.4, 0.5) is 0 Å². The van der Waals surface area contributed by atoms with Crippen molar-refractivity contribution in [2.45, 2.75) is 37.2 Å². The lowest BCUT2D eigenvalue weighted by atomic mass is 10.1. The highest BCUT2D eigenvalue weighted by molar-refractivity contribution is 7.89. The van der Waals surface area contributed by atoms with E-state index in [1.807, 2.05) is 0 Å². The number of hydrogen-bond acceptors (Lipinski definition) is 5. The maximum absolute atomic E-state index is 12.8. The number of carbonyl (C=O) groups excluding carboxylic acids is 1. The molecule has 1 amide bonds. The third kappa shape index (κ3) is 4.25. The van der Waals surface area contributed by atoms with Crippen LogP contribution >= 0.6 is 0 Å². The van der Waals surface area contributed by atoms with Gasteiger partial charge in [-0.3, -0.25) is 4.79 Å². The maximum atomic E-state index is 12.8. The van der Waals surface area contributed by atoms with Gasteiger partial charge in [-0.1, -0.05) is 0 Å². The summed E-state index contributed by atoms with van der Waals surface area (Å²) < 4.78 is 32.1. The molecule has 0 saturated carbocycles. The second kappa shape index (κ2) is 7.08. The van der Waals surface area contributed by atoms with Crippen molar-refractivity contribution in [1.82, 2.24) is 9.62 Å². The van der Waals surface area contributed by atoms with Gasteiger partial charge >= 0.3 is 0 Å². The number of rotatable bonds is 6. The Morgan fingerprint density at radius 1 is 1.33 bits per heavy atom. The van der Waals surface area contributed by atoms with Crippen molar-refractivity contribution in [1.29, 1.82) is 0 Å². The Morgan fingerprint density at radius 3 is 2.50 bits per heavy atom. The summed E-state index contributed by atoms with van der Waals surface area (Å²) >= 11 is 0. The van der Waals surface area contributed by atoms with Crippen LogP contribution in [0, 0.1) is 0 Å². The van der Waals surface area contributed by atoms with Crippen LogP contribution in [0.1, 0.15) is 37.0 Å². The molecule has 1 aromatic rings. The molecule has 0 unspecified atom stereocenters. The molecule has 134 valence electrons. The number of methoxy groups -OCH3 is 1. The second-order valence-corrected chi connectivity index (χ2v) is 8.38. The molecule has 0 bridgehead atoms. The number of benzene rings is 1. The van der Waals surface area contributed by atoms with Crippen molar-refractivity contribution in [3.05, 3.63) is 23.8 Å². The first-order valence-electron chi connectivity index (χ1n) is 7.84. The van der Waals surface area contributed by atoms with Crippen LogP contribution in [0.2, 0.25) is 0 Å². The molecule has 1 fully saturated rings. The van der Waals surface area contributed by atoms with E-state index in [-0.39, 0.29) is 22.8 Å².